The number of hydrogen-bond acceptors (Lipinski definition) is 7. The van der Waals surface area contributed by atoms with Gasteiger partial charge in [-0.2, -0.15) is 18.2 Å². The van der Waals surface area contributed by atoms with Crippen molar-refractivity contribution in [1.82, 2.24) is 4.98 Å². The summed E-state index contributed by atoms with van der Waals surface area (Å²) < 4.78 is 38.9. The van der Waals surface area contributed by atoms with E-state index in [1.807, 2.05) is 0 Å². The molecule has 0 bridgehead atoms. The van der Waals surface area contributed by atoms with Gasteiger partial charge in [-0.05, 0) is 31.2 Å². The van der Waals surface area contributed by atoms with Gasteiger partial charge in [0.15, 0.2) is 5.13 Å². The van der Waals surface area contributed by atoms with Gasteiger partial charge in [-0.25, -0.2) is 0 Å². The number of benzene rings is 1. The van der Waals surface area contributed by atoms with E-state index in [1.54, 1.807) is 4.90 Å². The van der Waals surface area contributed by atoms with Crippen molar-refractivity contribution < 1.29 is 23.2 Å². The van der Waals surface area contributed by atoms with E-state index in [0.717, 1.165) is 24.2 Å². The van der Waals surface area contributed by atoms with Crippen LogP contribution in [0.2, 0.25) is 0 Å². The summed E-state index contributed by atoms with van der Waals surface area (Å²) in [6.07, 6.45) is -2.57. The third-order valence-corrected chi connectivity index (χ3v) is 5.80. The number of aliphatic hydroxyl groups is 1. The predicted octanol–water partition coefficient (Wildman–Crippen LogP) is 3.18. The number of fused-ring (bicyclic) bond motifs is 1. The molecule has 0 aliphatic carbocycles. The van der Waals surface area contributed by atoms with Gasteiger partial charge in [-0.1, -0.05) is 11.3 Å². The van der Waals surface area contributed by atoms with Crippen LogP contribution in [0.3, 0.4) is 0 Å². The minimum Gasteiger partial charge on any atom is -0.396 e. The molecule has 1 aromatic heterocycles. The van der Waals surface area contributed by atoms with Crippen molar-refractivity contribution in [2.75, 3.05) is 24.6 Å². The van der Waals surface area contributed by atoms with Crippen LogP contribution in [0.15, 0.2) is 16.9 Å². The van der Waals surface area contributed by atoms with Crippen LogP contribution in [-0.2, 0) is 6.18 Å². The number of nitro benzene ring substituents is 1. The SMILES string of the molecule is O=c1nc(N2CCC(CCO)CC2)sc2c([N+](=O)[O-])cc(C(F)(F)F)cc12. The normalized spacial score (nSPS) is 16.1. The first kappa shape index (κ1) is 19.5. The van der Waals surface area contributed by atoms with Crippen molar-refractivity contribution >= 4 is 32.2 Å². The molecular formula is C16H16F3N3O4S. The first-order valence-corrected chi connectivity index (χ1v) is 9.08. The van der Waals surface area contributed by atoms with Crippen molar-refractivity contribution in [1.29, 1.82) is 0 Å². The van der Waals surface area contributed by atoms with Crippen molar-refractivity contribution in [3.05, 3.63) is 38.2 Å². The summed E-state index contributed by atoms with van der Waals surface area (Å²) in [6, 6.07) is 1.07. The Labute approximate surface area is 155 Å². The van der Waals surface area contributed by atoms with E-state index in [4.69, 9.17) is 5.11 Å². The van der Waals surface area contributed by atoms with Crippen LogP contribution in [0.1, 0.15) is 24.8 Å². The molecule has 2 heterocycles. The van der Waals surface area contributed by atoms with E-state index in [9.17, 15) is 28.1 Å². The number of nitro groups is 1. The standard InChI is InChI=1S/C16H16F3N3O4S/c17-16(18,19)10-7-11-13(12(8-10)22(25)26)27-15(20-14(11)24)21-4-1-9(2-5-21)3-6-23/h7-9,23H,1-6H2. The Morgan fingerprint density at radius 1 is 1.33 bits per heavy atom. The molecule has 0 amide bonds. The van der Waals surface area contributed by atoms with Gasteiger partial charge in [0, 0.05) is 25.8 Å². The first-order valence-electron chi connectivity index (χ1n) is 8.27. The van der Waals surface area contributed by atoms with Crippen LogP contribution in [0.25, 0.3) is 10.1 Å². The number of hydrogen-bond donors (Lipinski definition) is 1. The molecule has 1 fully saturated rings. The van der Waals surface area contributed by atoms with E-state index < -0.39 is 33.3 Å². The van der Waals surface area contributed by atoms with Crippen LogP contribution in [0.5, 0.6) is 0 Å². The number of halogens is 3. The lowest BCUT2D eigenvalue weighted by molar-refractivity contribution is -0.383. The minimum absolute atomic E-state index is 0.0972. The maximum Gasteiger partial charge on any atom is 0.416 e. The van der Waals surface area contributed by atoms with E-state index in [0.29, 0.717) is 37.6 Å². The second-order valence-corrected chi connectivity index (χ2v) is 7.35. The number of alkyl halides is 3. The zero-order chi connectivity index (χ0) is 19.8. The van der Waals surface area contributed by atoms with Gasteiger partial charge in [0.25, 0.3) is 11.2 Å². The molecule has 0 spiro atoms. The highest BCUT2D eigenvalue weighted by molar-refractivity contribution is 7.22. The zero-order valence-corrected chi connectivity index (χ0v) is 14.8. The van der Waals surface area contributed by atoms with E-state index in [2.05, 4.69) is 4.98 Å². The number of rotatable bonds is 4. The number of piperidine rings is 1. The minimum atomic E-state index is -4.80. The summed E-state index contributed by atoms with van der Waals surface area (Å²) >= 11 is 0.853. The third kappa shape index (κ3) is 4.03. The van der Waals surface area contributed by atoms with E-state index in [-0.39, 0.29) is 16.4 Å². The van der Waals surface area contributed by atoms with Gasteiger partial charge in [0.1, 0.15) is 4.70 Å². The van der Waals surface area contributed by atoms with Crippen LogP contribution >= 0.6 is 11.3 Å². The lowest BCUT2D eigenvalue weighted by atomic mass is 9.94. The monoisotopic (exact) mass is 403 g/mol. The van der Waals surface area contributed by atoms with E-state index >= 15 is 0 Å². The van der Waals surface area contributed by atoms with Gasteiger partial charge in [-0.15, -0.1) is 0 Å². The summed E-state index contributed by atoms with van der Waals surface area (Å²) in [5.41, 5.74) is -2.91. The Bertz CT molecular complexity index is 923. The summed E-state index contributed by atoms with van der Waals surface area (Å²) in [7, 11) is 0. The average molecular weight is 403 g/mol. The van der Waals surface area contributed by atoms with Crippen LogP contribution in [-0.4, -0.2) is 34.7 Å². The highest BCUT2D eigenvalue weighted by atomic mass is 32.1. The number of aliphatic hydroxyl groups excluding tert-OH is 1. The van der Waals surface area contributed by atoms with Gasteiger partial charge in [0.2, 0.25) is 0 Å². The Balaban J connectivity index is 2.05. The largest absolute Gasteiger partial charge is 0.416 e. The topological polar surface area (TPSA) is 96.6 Å². The van der Waals surface area contributed by atoms with Crippen molar-refractivity contribution in [2.45, 2.75) is 25.4 Å². The van der Waals surface area contributed by atoms with Crippen LogP contribution in [0.4, 0.5) is 24.0 Å². The maximum atomic E-state index is 13.0. The summed E-state index contributed by atoms with van der Waals surface area (Å²) in [5.74, 6) is 0.354. The number of non-ortho nitro benzene ring substituents is 1. The molecule has 7 nitrogen and oxygen atoms in total. The Morgan fingerprint density at radius 2 is 2.00 bits per heavy atom. The van der Waals surface area contributed by atoms with Gasteiger partial charge < -0.3 is 10.0 Å². The molecule has 1 N–H and O–H groups in total. The molecule has 0 radical (unpaired) electrons. The lowest BCUT2D eigenvalue weighted by Gasteiger charge is -2.31. The molecule has 1 aromatic carbocycles. The summed E-state index contributed by atoms with van der Waals surface area (Å²) in [4.78, 5) is 28.4. The number of nitrogens with zero attached hydrogens (tertiary/aromatic N) is 3. The Morgan fingerprint density at radius 3 is 2.56 bits per heavy atom. The molecule has 0 unspecified atom stereocenters. The summed E-state index contributed by atoms with van der Waals surface area (Å²) in [5, 5.41) is 20.2. The molecule has 1 saturated heterocycles. The molecule has 146 valence electrons. The Hall–Kier alpha value is -2.27. The molecule has 3 rings (SSSR count). The van der Waals surface area contributed by atoms with Gasteiger partial charge in [-0.3, -0.25) is 14.9 Å². The molecule has 1 aliphatic rings. The Kier molecular flexibility index (Phi) is 5.33. The highest BCUT2D eigenvalue weighted by Gasteiger charge is 2.34. The number of anilines is 1. The third-order valence-electron chi connectivity index (χ3n) is 4.64. The predicted molar refractivity (Wildman–Crippen MR) is 94.2 cm³/mol. The van der Waals surface area contributed by atoms with E-state index in [1.165, 1.54) is 0 Å². The second kappa shape index (κ2) is 7.39. The quantitative estimate of drug-likeness (QED) is 0.622. The lowest BCUT2D eigenvalue weighted by Crippen LogP contribution is -2.35. The van der Waals surface area contributed by atoms with Gasteiger partial charge in [0.05, 0.1) is 15.9 Å². The van der Waals surface area contributed by atoms with Crippen molar-refractivity contribution in [2.24, 2.45) is 5.92 Å². The molecular weight excluding hydrogens is 387 g/mol. The molecule has 11 heteroatoms. The van der Waals surface area contributed by atoms with Gasteiger partial charge >= 0.3 is 6.18 Å². The van der Waals surface area contributed by atoms with Crippen molar-refractivity contribution in [3.8, 4) is 0 Å². The zero-order valence-electron chi connectivity index (χ0n) is 14.0. The van der Waals surface area contributed by atoms with Crippen molar-refractivity contribution in [3.63, 3.8) is 0 Å². The molecule has 1 aliphatic heterocycles. The molecule has 0 saturated carbocycles. The maximum absolute atomic E-state index is 13.0. The fourth-order valence-electron chi connectivity index (χ4n) is 3.17. The van der Waals surface area contributed by atoms with Crippen LogP contribution < -0.4 is 10.5 Å². The average Bonchev–Trinajstić information content (AvgIpc) is 2.61. The highest BCUT2D eigenvalue weighted by Crippen LogP contribution is 2.38. The number of aromatic nitrogens is 1. The smallest absolute Gasteiger partial charge is 0.396 e. The first-order chi connectivity index (χ1) is 12.7. The van der Waals surface area contributed by atoms with Crippen LogP contribution in [0, 0.1) is 16.0 Å². The molecule has 0 atom stereocenters. The molecule has 2 aromatic rings. The fourth-order valence-corrected chi connectivity index (χ4v) is 4.29. The fraction of sp³-hybridized carbons (Fsp3) is 0.500. The molecule has 27 heavy (non-hydrogen) atoms. The second-order valence-electron chi connectivity index (χ2n) is 6.37. The summed E-state index contributed by atoms with van der Waals surface area (Å²) in [6.45, 7) is 1.22.